The first-order valence-corrected chi connectivity index (χ1v) is 9.68. The Balaban J connectivity index is 0.00000121. The second-order valence-electron chi connectivity index (χ2n) is 8.13. The van der Waals surface area contributed by atoms with Crippen LogP contribution in [0.2, 0.25) is 0 Å². The Morgan fingerprint density at radius 1 is 0.846 bits per heavy atom. The lowest BCUT2D eigenvalue weighted by Crippen LogP contribution is -2.55. The number of fused-ring (bicyclic) bond motifs is 2. The standard InChI is InChI=1S/C18H30N4O2.2ClH/c19-17-14-4-3-13(11-14)16(17)18(24)22-9-7-20(8-10-22)12-15(23)21-5-1-2-6-21;;/h13-14,16-17H,1-12,19H2;2*1H. The summed E-state index contributed by atoms with van der Waals surface area (Å²) in [6, 6.07) is 0.0750. The van der Waals surface area contributed by atoms with E-state index in [4.69, 9.17) is 5.73 Å². The molecule has 2 aliphatic heterocycles. The van der Waals surface area contributed by atoms with Crippen LogP contribution in [-0.4, -0.2) is 78.4 Å². The van der Waals surface area contributed by atoms with Crippen LogP contribution in [0.1, 0.15) is 32.1 Å². The number of carbonyl (C=O) groups excluding carboxylic acids is 2. The van der Waals surface area contributed by atoms with Crippen molar-refractivity contribution < 1.29 is 9.59 Å². The quantitative estimate of drug-likeness (QED) is 0.757. The maximum Gasteiger partial charge on any atom is 0.236 e. The maximum atomic E-state index is 12.9. The molecule has 2 heterocycles. The lowest BCUT2D eigenvalue weighted by Gasteiger charge is -2.38. The van der Waals surface area contributed by atoms with Gasteiger partial charge in [-0.2, -0.15) is 0 Å². The van der Waals surface area contributed by atoms with Gasteiger partial charge in [-0.05, 0) is 43.9 Å². The topological polar surface area (TPSA) is 69.9 Å². The van der Waals surface area contributed by atoms with Gasteiger partial charge in [0.25, 0.3) is 0 Å². The van der Waals surface area contributed by atoms with Gasteiger partial charge in [-0.25, -0.2) is 0 Å². The van der Waals surface area contributed by atoms with E-state index in [1.165, 1.54) is 12.8 Å². The fourth-order valence-corrected chi connectivity index (χ4v) is 5.30. The molecule has 2 bridgehead atoms. The smallest absolute Gasteiger partial charge is 0.236 e. The highest BCUT2D eigenvalue weighted by molar-refractivity contribution is 5.85. The molecular formula is C18H32Cl2N4O2. The minimum atomic E-state index is 0. The third kappa shape index (κ3) is 4.13. The number of piperazine rings is 1. The van der Waals surface area contributed by atoms with Crippen LogP contribution in [0.3, 0.4) is 0 Å². The fraction of sp³-hybridized carbons (Fsp3) is 0.889. The van der Waals surface area contributed by atoms with Gasteiger partial charge < -0.3 is 15.5 Å². The predicted molar refractivity (Wildman–Crippen MR) is 106 cm³/mol. The Labute approximate surface area is 168 Å². The summed E-state index contributed by atoms with van der Waals surface area (Å²) in [7, 11) is 0. The molecule has 6 nitrogen and oxygen atoms in total. The molecule has 0 spiro atoms. The summed E-state index contributed by atoms with van der Waals surface area (Å²) < 4.78 is 0. The molecule has 2 saturated carbocycles. The first kappa shape index (κ1) is 21.7. The Hall–Kier alpha value is -0.560. The molecular weight excluding hydrogens is 375 g/mol. The number of hydrogen-bond donors (Lipinski definition) is 1. The highest BCUT2D eigenvalue weighted by atomic mass is 35.5. The van der Waals surface area contributed by atoms with E-state index in [9.17, 15) is 9.59 Å². The van der Waals surface area contributed by atoms with Crippen LogP contribution in [0, 0.1) is 17.8 Å². The lowest BCUT2D eigenvalue weighted by atomic mass is 9.84. The van der Waals surface area contributed by atoms with Crippen LogP contribution in [0.25, 0.3) is 0 Å². The van der Waals surface area contributed by atoms with Crippen LogP contribution in [-0.2, 0) is 9.59 Å². The number of rotatable bonds is 3. The Morgan fingerprint density at radius 3 is 2.04 bits per heavy atom. The van der Waals surface area contributed by atoms with Gasteiger partial charge in [0.2, 0.25) is 11.8 Å². The van der Waals surface area contributed by atoms with Crippen molar-refractivity contribution in [3.05, 3.63) is 0 Å². The minimum absolute atomic E-state index is 0. The number of nitrogens with two attached hydrogens (primary N) is 1. The van der Waals surface area contributed by atoms with Gasteiger partial charge in [0.05, 0.1) is 12.5 Å². The van der Waals surface area contributed by atoms with Crippen LogP contribution >= 0.6 is 24.8 Å². The van der Waals surface area contributed by atoms with Gasteiger partial charge >= 0.3 is 0 Å². The largest absolute Gasteiger partial charge is 0.342 e. The van der Waals surface area contributed by atoms with Crippen molar-refractivity contribution in [3.63, 3.8) is 0 Å². The zero-order valence-electron chi connectivity index (χ0n) is 15.3. The number of nitrogens with zero attached hydrogens (tertiary/aromatic N) is 3. The second kappa shape index (κ2) is 9.09. The maximum absolute atomic E-state index is 12.9. The van der Waals surface area contributed by atoms with Crippen molar-refractivity contribution >= 4 is 36.6 Å². The average Bonchev–Trinajstić information content (AvgIpc) is 3.32. The van der Waals surface area contributed by atoms with Crippen molar-refractivity contribution in [2.75, 3.05) is 45.8 Å². The van der Waals surface area contributed by atoms with E-state index < -0.39 is 0 Å². The number of hydrogen-bond acceptors (Lipinski definition) is 4. The van der Waals surface area contributed by atoms with E-state index in [1.807, 2.05) is 9.80 Å². The number of likely N-dealkylation sites (tertiary alicyclic amines) is 1. The zero-order chi connectivity index (χ0) is 16.7. The molecule has 4 unspecified atom stereocenters. The molecule has 4 rings (SSSR count). The summed E-state index contributed by atoms with van der Waals surface area (Å²) in [4.78, 5) is 31.3. The highest BCUT2D eigenvalue weighted by Gasteiger charge is 2.50. The summed E-state index contributed by atoms with van der Waals surface area (Å²) in [6.07, 6.45) is 5.82. The van der Waals surface area contributed by atoms with Gasteiger partial charge in [0.15, 0.2) is 0 Å². The van der Waals surface area contributed by atoms with Crippen LogP contribution in [0.15, 0.2) is 0 Å². The van der Waals surface area contributed by atoms with Gasteiger partial charge in [0, 0.05) is 45.3 Å². The summed E-state index contributed by atoms with van der Waals surface area (Å²) in [5.41, 5.74) is 6.33. The molecule has 2 N–H and O–H groups in total. The first-order valence-electron chi connectivity index (χ1n) is 9.68. The van der Waals surface area contributed by atoms with E-state index in [1.54, 1.807) is 0 Å². The Bertz CT molecular complexity index is 505. The van der Waals surface area contributed by atoms with Crippen molar-refractivity contribution in [1.29, 1.82) is 0 Å². The van der Waals surface area contributed by atoms with E-state index in [0.29, 0.717) is 18.4 Å². The molecule has 8 heteroatoms. The summed E-state index contributed by atoms with van der Waals surface area (Å²) >= 11 is 0. The summed E-state index contributed by atoms with van der Waals surface area (Å²) in [6.45, 7) is 5.44. The lowest BCUT2D eigenvalue weighted by molar-refractivity contribution is -0.140. The van der Waals surface area contributed by atoms with E-state index in [2.05, 4.69) is 4.90 Å². The molecule has 2 amide bonds. The van der Waals surface area contributed by atoms with Gasteiger partial charge in [0.1, 0.15) is 0 Å². The van der Waals surface area contributed by atoms with E-state index >= 15 is 0 Å². The first-order chi connectivity index (χ1) is 11.6. The molecule has 0 aromatic carbocycles. The van der Waals surface area contributed by atoms with Crippen molar-refractivity contribution in [2.24, 2.45) is 23.5 Å². The number of carbonyl (C=O) groups is 2. The molecule has 150 valence electrons. The predicted octanol–water partition coefficient (Wildman–Crippen LogP) is 0.970. The minimum Gasteiger partial charge on any atom is -0.342 e. The monoisotopic (exact) mass is 406 g/mol. The molecule has 4 atom stereocenters. The van der Waals surface area contributed by atoms with Gasteiger partial charge in [-0.1, -0.05) is 0 Å². The Kier molecular flexibility index (Phi) is 7.60. The highest BCUT2D eigenvalue weighted by Crippen LogP contribution is 2.48. The van der Waals surface area contributed by atoms with Crippen molar-refractivity contribution in [1.82, 2.24) is 14.7 Å². The zero-order valence-corrected chi connectivity index (χ0v) is 17.0. The van der Waals surface area contributed by atoms with Crippen LogP contribution in [0.4, 0.5) is 0 Å². The summed E-state index contributed by atoms with van der Waals surface area (Å²) in [5.74, 6) is 1.68. The van der Waals surface area contributed by atoms with Gasteiger partial charge in [-0.15, -0.1) is 24.8 Å². The van der Waals surface area contributed by atoms with Crippen molar-refractivity contribution in [3.8, 4) is 0 Å². The molecule has 0 radical (unpaired) electrons. The van der Waals surface area contributed by atoms with E-state index in [0.717, 1.165) is 58.5 Å². The molecule has 2 saturated heterocycles. The third-order valence-corrected chi connectivity index (χ3v) is 6.77. The molecule has 26 heavy (non-hydrogen) atoms. The fourth-order valence-electron chi connectivity index (χ4n) is 5.30. The average molecular weight is 407 g/mol. The van der Waals surface area contributed by atoms with Crippen LogP contribution < -0.4 is 5.73 Å². The Morgan fingerprint density at radius 2 is 1.46 bits per heavy atom. The third-order valence-electron chi connectivity index (χ3n) is 6.77. The summed E-state index contributed by atoms with van der Waals surface area (Å²) in [5, 5.41) is 0. The van der Waals surface area contributed by atoms with E-state index in [-0.39, 0.29) is 48.6 Å². The molecule has 0 aromatic rings. The van der Waals surface area contributed by atoms with Crippen molar-refractivity contribution in [2.45, 2.75) is 38.1 Å². The molecule has 4 aliphatic rings. The number of halogens is 2. The van der Waals surface area contributed by atoms with Crippen LogP contribution in [0.5, 0.6) is 0 Å². The SMILES string of the molecule is Cl.Cl.NC1C2CCC(C2)C1C(=O)N1CCN(CC(=O)N2CCCC2)CC1. The second-order valence-corrected chi connectivity index (χ2v) is 8.13. The normalized spacial score (nSPS) is 33.7. The molecule has 2 aliphatic carbocycles. The molecule has 0 aromatic heterocycles. The number of amides is 2. The molecule has 4 fully saturated rings. The van der Waals surface area contributed by atoms with Gasteiger partial charge in [-0.3, -0.25) is 14.5 Å².